The molecule has 2 aromatic heterocycles. The van der Waals surface area contributed by atoms with E-state index in [2.05, 4.69) is 16.7 Å². The lowest BCUT2D eigenvalue weighted by Crippen LogP contribution is -2.02. The number of aryl methyl sites for hydroxylation is 1. The van der Waals surface area contributed by atoms with Crippen molar-refractivity contribution < 1.29 is 0 Å². The van der Waals surface area contributed by atoms with Crippen molar-refractivity contribution in [3.8, 4) is 0 Å². The summed E-state index contributed by atoms with van der Waals surface area (Å²) in [4.78, 5) is 4.41. The predicted molar refractivity (Wildman–Crippen MR) is 55.9 cm³/mol. The van der Waals surface area contributed by atoms with Gasteiger partial charge in [-0.05, 0) is 12.8 Å². The van der Waals surface area contributed by atoms with Crippen LogP contribution in [0.15, 0.2) is 31.0 Å². The molecule has 0 aliphatic heterocycles. The van der Waals surface area contributed by atoms with Gasteiger partial charge in [-0.1, -0.05) is 6.08 Å². The van der Waals surface area contributed by atoms with E-state index in [9.17, 15) is 0 Å². The van der Waals surface area contributed by atoms with Crippen LogP contribution in [0.5, 0.6) is 0 Å². The molecule has 14 heavy (non-hydrogen) atoms. The second kappa shape index (κ2) is 3.49. The molecule has 4 nitrogen and oxygen atoms in total. The van der Waals surface area contributed by atoms with Crippen molar-refractivity contribution in [2.45, 2.75) is 12.8 Å². The first-order valence-electron chi connectivity index (χ1n) is 4.51. The third kappa shape index (κ3) is 1.46. The van der Waals surface area contributed by atoms with Crippen LogP contribution in [0.4, 0.5) is 5.82 Å². The summed E-state index contributed by atoms with van der Waals surface area (Å²) in [5.41, 5.74) is 7.59. The highest BCUT2D eigenvalue weighted by atomic mass is 15.3. The van der Waals surface area contributed by atoms with Crippen LogP contribution in [-0.2, 0) is 6.42 Å². The van der Waals surface area contributed by atoms with Crippen LogP contribution in [0.1, 0.15) is 12.1 Å². The van der Waals surface area contributed by atoms with Gasteiger partial charge in [-0.15, -0.1) is 6.58 Å². The van der Waals surface area contributed by atoms with Gasteiger partial charge in [0, 0.05) is 17.8 Å². The zero-order chi connectivity index (χ0) is 9.97. The SMILES string of the molecule is C=CCCc1cc(N)n2nccc2n1. The summed E-state index contributed by atoms with van der Waals surface area (Å²) in [5.74, 6) is 0.624. The van der Waals surface area contributed by atoms with Gasteiger partial charge < -0.3 is 5.73 Å². The van der Waals surface area contributed by atoms with Crippen molar-refractivity contribution >= 4 is 11.5 Å². The number of hydrogen-bond donors (Lipinski definition) is 1. The third-order valence-electron chi connectivity index (χ3n) is 2.04. The molecule has 0 aliphatic carbocycles. The quantitative estimate of drug-likeness (QED) is 0.741. The highest BCUT2D eigenvalue weighted by Crippen LogP contribution is 2.10. The summed E-state index contributed by atoms with van der Waals surface area (Å²) >= 11 is 0. The number of allylic oxidation sites excluding steroid dienone is 1. The topological polar surface area (TPSA) is 56.2 Å². The van der Waals surface area contributed by atoms with Gasteiger partial charge in [0.1, 0.15) is 5.82 Å². The molecule has 0 unspecified atom stereocenters. The van der Waals surface area contributed by atoms with E-state index < -0.39 is 0 Å². The largest absolute Gasteiger partial charge is 0.384 e. The Morgan fingerprint density at radius 2 is 2.43 bits per heavy atom. The minimum Gasteiger partial charge on any atom is -0.384 e. The fraction of sp³-hybridized carbons (Fsp3) is 0.200. The van der Waals surface area contributed by atoms with Crippen molar-refractivity contribution in [3.05, 3.63) is 36.7 Å². The molecule has 2 heterocycles. The van der Waals surface area contributed by atoms with E-state index in [4.69, 9.17) is 5.73 Å². The highest BCUT2D eigenvalue weighted by Gasteiger charge is 2.02. The molecule has 0 fully saturated rings. The molecule has 0 aromatic carbocycles. The highest BCUT2D eigenvalue weighted by molar-refractivity contribution is 5.46. The predicted octanol–water partition coefficient (Wildman–Crippen LogP) is 1.43. The Bertz CT molecular complexity index is 458. The molecule has 2 N–H and O–H groups in total. The third-order valence-corrected chi connectivity index (χ3v) is 2.04. The summed E-state index contributed by atoms with van der Waals surface area (Å²) in [7, 11) is 0. The molecule has 72 valence electrons. The summed E-state index contributed by atoms with van der Waals surface area (Å²) in [5, 5.41) is 4.05. The summed E-state index contributed by atoms with van der Waals surface area (Å²) in [6.45, 7) is 3.67. The Balaban J connectivity index is 2.42. The fourth-order valence-electron chi connectivity index (χ4n) is 1.37. The summed E-state index contributed by atoms with van der Waals surface area (Å²) in [6, 6.07) is 3.69. The minimum atomic E-state index is 0.624. The van der Waals surface area contributed by atoms with Gasteiger partial charge in [0.05, 0.1) is 6.20 Å². The van der Waals surface area contributed by atoms with Crippen LogP contribution in [0.3, 0.4) is 0 Å². The van der Waals surface area contributed by atoms with Gasteiger partial charge in [0.15, 0.2) is 5.65 Å². The van der Waals surface area contributed by atoms with E-state index in [1.165, 1.54) is 0 Å². The molecular weight excluding hydrogens is 176 g/mol. The Morgan fingerprint density at radius 1 is 1.57 bits per heavy atom. The first-order chi connectivity index (χ1) is 6.81. The second-order valence-corrected chi connectivity index (χ2v) is 3.10. The molecule has 0 saturated heterocycles. The minimum absolute atomic E-state index is 0.624. The van der Waals surface area contributed by atoms with E-state index >= 15 is 0 Å². The van der Waals surface area contributed by atoms with Crippen LogP contribution in [0.2, 0.25) is 0 Å². The van der Waals surface area contributed by atoms with Crippen molar-refractivity contribution in [2.24, 2.45) is 0 Å². The van der Waals surface area contributed by atoms with E-state index in [1.54, 1.807) is 10.7 Å². The van der Waals surface area contributed by atoms with Gasteiger partial charge in [-0.25, -0.2) is 4.98 Å². The Kier molecular flexibility index (Phi) is 2.18. The number of nitrogen functional groups attached to an aromatic ring is 1. The number of nitrogens with two attached hydrogens (primary N) is 1. The van der Waals surface area contributed by atoms with Crippen LogP contribution in [0.25, 0.3) is 5.65 Å². The average molecular weight is 188 g/mol. The molecule has 0 radical (unpaired) electrons. The van der Waals surface area contributed by atoms with E-state index in [0.717, 1.165) is 24.2 Å². The smallest absolute Gasteiger partial charge is 0.157 e. The van der Waals surface area contributed by atoms with E-state index in [0.29, 0.717) is 5.82 Å². The standard InChI is InChI=1S/C10H12N4/c1-2-3-4-8-7-9(11)14-10(13-8)5-6-12-14/h2,5-7H,1,3-4,11H2. The van der Waals surface area contributed by atoms with Crippen LogP contribution in [0, 0.1) is 0 Å². The number of hydrogen-bond acceptors (Lipinski definition) is 3. The lowest BCUT2D eigenvalue weighted by molar-refractivity contribution is 0.899. The molecule has 0 bridgehead atoms. The molecule has 4 heteroatoms. The van der Waals surface area contributed by atoms with Crippen LogP contribution in [-0.4, -0.2) is 14.6 Å². The maximum Gasteiger partial charge on any atom is 0.157 e. The fourth-order valence-corrected chi connectivity index (χ4v) is 1.37. The Morgan fingerprint density at radius 3 is 3.21 bits per heavy atom. The van der Waals surface area contributed by atoms with Crippen LogP contribution < -0.4 is 5.73 Å². The number of aromatic nitrogens is 3. The average Bonchev–Trinajstić information content (AvgIpc) is 2.63. The number of rotatable bonds is 3. The zero-order valence-corrected chi connectivity index (χ0v) is 7.85. The van der Waals surface area contributed by atoms with Gasteiger partial charge in [-0.3, -0.25) is 0 Å². The van der Waals surface area contributed by atoms with Crippen molar-refractivity contribution in [3.63, 3.8) is 0 Å². The molecular formula is C10H12N4. The monoisotopic (exact) mass is 188 g/mol. The maximum atomic E-state index is 5.81. The van der Waals surface area contributed by atoms with Crippen LogP contribution >= 0.6 is 0 Å². The molecule has 0 spiro atoms. The lowest BCUT2D eigenvalue weighted by Gasteiger charge is -2.02. The molecule has 0 saturated carbocycles. The molecule has 2 rings (SSSR count). The van der Waals surface area contributed by atoms with Gasteiger partial charge in [-0.2, -0.15) is 9.61 Å². The summed E-state index contributed by atoms with van der Waals surface area (Å²) in [6.07, 6.45) is 5.35. The lowest BCUT2D eigenvalue weighted by atomic mass is 10.2. The van der Waals surface area contributed by atoms with E-state index in [-0.39, 0.29) is 0 Å². The first-order valence-corrected chi connectivity index (χ1v) is 4.51. The van der Waals surface area contributed by atoms with E-state index in [1.807, 2.05) is 18.2 Å². The van der Waals surface area contributed by atoms with Crippen molar-refractivity contribution in [2.75, 3.05) is 5.73 Å². The molecule has 0 aliphatic rings. The summed E-state index contributed by atoms with van der Waals surface area (Å²) < 4.78 is 1.62. The van der Waals surface area contributed by atoms with Gasteiger partial charge in [0.25, 0.3) is 0 Å². The first kappa shape index (κ1) is 8.74. The van der Waals surface area contributed by atoms with Gasteiger partial charge in [0.2, 0.25) is 0 Å². The Labute approximate surface area is 82.1 Å². The molecule has 2 aromatic rings. The second-order valence-electron chi connectivity index (χ2n) is 3.10. The zero-order valence-electron chi connectivity index (χ0n) is 7.85. The van der Waals surface area contributed by atoms with Gasteiger partial charge >= 0.3 is 0 Å². The number of nitrogens with zero attached hydrogens (tertiary/aromatic N) is 3. The Hall–Kier alpha value is -1.84. The number of fused-ring (bicyclic) bond motifs is 1. The van der Waals surface area contributed by atoms with Crippen molar-refractivity contribution in [1.29, 1.82) is 0 Å². The molecule has 0 amide bonds. The maximum absolute atomic E-state index is 5.81. The normalized spacial score (nSPS) is 10.6. The molecule has 0 atom stereocenters. The number of anilines is 1. The van der Waals surface area contributed by atoms with Crippen molar-refractivity contribution in [1.82, 2.24) is 14.6 Å².